The molecule has 40 heavy (non-hydrogen) atoms. The Bertz CT molecular complexity index is 1140. The molecule has 2 N–H and O–H groups in total. The number of benzene rings is 2. The third-order valence-corrected chi connectivity index (χ3v) is 6.56. The topological polar surface area (TPSA) is 87.7 Å². The van der Waals surface area contributed by atoms with Crippen LogP contribution in [-0.4, -0.2) is 41.0 Å². The monoisotopic (exact) mass is 549 g/mol. The van der Waals surface area contributed by atoms with Gasteiger partial charge in [-0.05, 0) is 69.9 Å². The number of alkyl carbamates (subject to hydrolysis) is 1. The van der Waals surface area contributed by atoms with E-state index in [2.05, 4.69) is 24.1 Å². The summed E-state index contributed by atoms with van der Waals surface area (Å²) in [5, 5.41) is 5.70. The molecule has 7 heteroatoms. The molecule has 0 aliphatic carbocycles. The molecule has 2 rings (SSSR count). The van der Waals surface area contributed by atoms with E-state index in [0.29, 0.717) is 17.8 Å². The number of nitrogens with one attached hydrogen (secondary N) is 2. The quantitative estimate of drug-likeness (QED) is 0.240. The minimum absolute atomic E-state index is 0.320. The molecule has 0 aliphatic rings. The number of carbonyl (C=O) groups excluding carboxylic acids is 3. The van der Waals surface area contributed by atoms with Gasteiger partial charge in [-0.1, -0.05) is 88.1 Å². The summed E-state index contributed by atoms with van der Waals surface area (Å²) in [6.45, 7) is 15.3. The Hall–Kier alpha value is -3.61. The fraction of sp³-hybridized carbons (Fsp3) is 0.485. The predicted octanol–water partition coefficient (Wildman–Crippen LogP) is 7.42. The Balaban J connectivity index is 2.44. The van der Waals surface area contributed by atoms with Crippen molar-refractivity contribution in [3.63, 3.8) is 0 Å². The Morgan fingerprint density at radius 1 is 1.00 bits per heavy atom. The normalized spacial score (nSPS) is 12.7. The second kappa shape index (κ2) is 15.8. The van der Waals surface area contributed by atoms with Gasteiger partial charge in [0.25, 0.3) is 5.91 Å². The van der Waals surface area contributed by atoms with Crippen LogP contribution in [0.2, 0.25) is 0 Å². The summed E-state index contributed by atoms with van der Waals surface area (Å²) in [6, 6.07) is 13.2. The van der Waals surface area contributed by atoms with Crippen LogP contribution in [0.1, 0.15) is 95.9 Å². The van der Waals surface area contributed by atoms with Gasteiger partial charge in [0.15, 0.2) is 0 Å². The number of hydrogen-bond acceptors (Lipinski definition) is 4. The standard InChI is InChI=1S/C33H47N3O4/c1-8-10-11-12-13-16-22-36(31(38)25(4)34-32(39)40-33(5,6)7)29(27-20-17-19-26(9-2)23-27)30(37)35-28-21-15-14-18-24(28)3/h9,14-15,17-21,23,25,29H,2,8,10-13,16,22H2,1,3-7H3,(H,34,39)(H,35,37). The van der Waals surface area contributed by atoms with Crippen LogP contribution < -0.4 is 10.6 Å². The van der Waals surface area contributed by atoms with Gasteiger partial charge in [-0.25, -0.2) is 4.79 Å². The van der Waals surface area contributed by atoms with E-state index in [4.69, 9.17) is 4.74 Å². The lowest BCUT2D eigenvalue weighted by Crippen LogP contribution is -2.51. The molecule has 3 amide bonds. The Kier molecular flexibility index (Phi) is 12.9. The van der Waals surface area contributed by atoms with Gasteiger partial charge in [0.2, 0.25) is 5.91 Å². The van der Waals surface area contributed by atoms with Crippen molar-refractivity contribution in [2.24, 2.45) is 0 Å². The second-order valence-corrected chi connectivity index (χ2v) is 11.2. The van der Waals surface area contributed by atoms with Crippen molar-refractivity contribution in [3.05, 3.63) is 71.8 Å². The van der Waals surface area contributed by atoms with Crippen molar-refractivity contribution in [3.8, 4) is 0 Å². The average Bonchev–Trinajstić information content (AvgIpc) is 2.89. The molecule has 0 aromatic heterocycles. The van der Waals surface area contributed by atoms with Gasteiger partial charge in [-0.15, -0.1) is 0 Å². The second-order valence-electron chi connectivity index (χ2n) is 11.2. The first kappa shape index (κ1) is 32.6. The molecule has 0 radical (unpaired) electrons. The van der Waals surface area contributed by atoms with Crippen molar-refractivity contribution in [1.29, 1.82) is 0 Å². The Morgan fingerprint density at radius 3 is 2.33 bits per heavy atom. The van der Waals surface area contributed by atoms with E-state index in [9.17, 15) is 14.4 Å². The molecule has 2 atom stereocenters. The molecule has 0 aliphatic heterocycles. The molecule has 0 fully saturated rings. The maximum atomic E-state index is 14.0. The molecule has 218 valence electrons. The molecular formula is C33H47N3O4. The van der Waals surface area contributed by atoms with E-state index in [-0.39, 0.29) is 11.8 Å². The van der Waals surface area contributed by atoms with Gasteiger partial charge in [0.1, 0.15) is 17.7 Å². The minimum Gasteiger partial charge on any atom is -0.444 e. The van der Waals surface area contributed by atoms with Crippen LogP contribution in [0.25, 0.3) is 6.08 Å². The highest BCUT2D eigenvalue weighted by molar-refractivity contribution is 5.99. The first-order valence-corrected chi connectivity index (χ1v) is 14.4. The third kappa shape index (κ3) is 10.5. The summed E-state index contributed by atoms with van der Waals surface area (Å²) in [4.78, 5) is 42.0. The molecule has 0 saturated heterocycles. The van der Waals surface area contributed by atoms with E-state index in [1.54, 1.807) is 38.7 Å². The highest BCUT2D eigenvalue weighted by Crippen LogP contribution is 2.27. The zero-order valence-corrected chi connectivity index (χ0v) is 25.1. The van der Waals surface area contributed by atoms with Crippen molar-refractivity contribution in [1.82, 2.24) is 10.2 Å². The van der Waals surface area contributed by atoms with Crippen LogP contribution in [-0.2, 0) is 14.3 Å². The van der Waals surface area contributed by atoms with Crippen LogP contribution in [0.5, 0.6) is 0 Å². The molecule has 2 aromatic rings. The number of ether oxygens (including phenoxy) is 1. The summed E-state index contributed by atoms with van der Waals surface area (Å²) in [5.41, 5.74) is 2.42. The van der Waals surface area contributed by atoms with Gasteiger partial charge in [-0.3, -0.25) is 9.59 Å². The van der Waals surface area contributed by atoms with E-state index in [1.165, 1.54) is 6.42 Å². The zero-order valence-electron chi connectivity index (χ0n) is 25.1. The number of aryl methyl sites for hydroxylation is 1. The molecule has 2 unspecified atom stereocenters. The number of unbranched alkanes of at least 4 members (excludes halogenated alkanes) is 5. The maximum absolute atomic E-state index is 14.0. The molecule has 0 bridgehead atoms. The SMILES string of the molecule is C=Cc1cccc(C(C(=O)Nc2ccccc2C)N(CCCCCCCC)C(=O)C(C)NC(=O)OC(C)(C)C)c1. The molecular weight excluding hydrogens is 502 g/mol. The van der Waals surface area contributed by atoms with Crippen molar-refractivity contribution >= 4 is 29.7 Å². The fourth-order valence-electron chi connectivity index (χ4n) is 4.47. The lowest BCUT2D eigenvalue weighted by molar-refractivity contribution is -0.140. The maximum Gasteiger partial charge on any atom is 0.408 e. The van der Waals surface area contributed by atoms with Crippen molar-refractivity contribution in [2.45, 2.75) is 97.8 Å². The highest BCUT2D eigenvalue weighted by atomic mass is 16.6. The number of hydrogen-bond donors (Lipinski definition) is 2. The summed E-state index contributed by atoms with van der Waals surface area (Å²) >= 11 is 0. The summed E-state index contributed by atoms with van der Waals surface area (Å²) in [6.07, 6.45) is 7.25. The Morgan fingerprint density at radius 2 is 1.68 bits per heavy atom. The summed E-state index contributed by atoms with van der Waals surface area (Å²) < 4.78 is 5.38. The zero-order chi connectivity index (χ0) is 29.7. The van der Waals surface area contributed by atoms with Crippen molar-refractivity contribution < 1.29 is 19.1 Å². The number of anilines is 1. The third-order valence-electron chi connectivity index (χ3n) is 6.56. The van der Waals surface area contributed by atoms with Crippen molar-refractivity contribution in [2.75, 3.05) is 11.9 Å². The lowest BCUT2D eigenvalue weighted by atomic mass is 9.99. The number of nitrogens with zero attached hydrogens (tertiary/aromatic N) is 1. The first-order chi connectivity index (χ1) is 19.0. The molecule has 0 heterocycles. The first-order valence-electron chi connectivity index (χ1n) is 14.4. The fourth-order valence-corrected chi connectivity index (χ4v) is 4.47. The molecule has 7 nitrogen and oxygen atoms in total. The number of rotatable bonds is 14. The van der Waals surface area contributed by atoms with Gasteiger partial charge < -0.3 is 20.3 Å². The van der Waals surface area contributed by atoms with Crippen LogP contribution in [0.15, 0.2) is 55.1 Å². The molecule has 0 saturated carbocycles. The van der Waals surface area contributed by atoms with E-state index >= 15 is 0 Å². The van der Waals surface area contributed by atoms with E-state index in [0.717, 1.165) is 43.2 Å². The Labute approximate surface area is 240 Å². The number of amides is 3. The number of para-hydroxylation sites is 1. The van der Waals surface area contributed by atoms with Crippen LogP contribution in [0.4, 0.5) is 10.5 Å². The average molecular weight is 550 g/mol. The summed E-state index contributed by atoms with van der Waals surface area (Å²) in [5.74, 6) is -0.673. The van der Waals surface area contributed by atoms with E-state index < -0.39 is 23.8 Å². The van der Waals surface area contributed by atoms with Crippen LogP contribution >= 0.6 is 0 Å². The molecule has 2 aromatic carbocycles. The smallest absolute Gasteiger partial charge is 0.408 e. The molecule has 0 spiro atoms. The van der Waals surface area contributed by atoms with Crippen LogP contribution in [0, 0.1) is 6.92 Å². The van der Waals surface area contributed by atoms with Gasteiger partial charge in [0.05, 0.1) is 0 Å². The van der Waals surface area contributed by atoms with E-state index in [1.807, 2.05) is 55.5 Å². The highest BCUT2D eigenvalue weighted by Gasteiger charge is 2.34. The minimum atomic E-state index is -0.912. The lowest BCUT2D eigenvalue weighted by Gasteiger charge is -2.34. The largest absolute Gasteiger partial charge is 0.444 e. The van der Waals surface area contributed by atoms with Gasteiger partial charge in [-0.2, -0.15) is 0 Å². The van der Waals surface area contributed by atoms with Gasteiger partial charge in [0, 0.05) is 12.2 Å². The summed E-state index contributed by atoms with van der Waals surface area (Å²) in [7, 11) is 0. The van der Waals surface area contributed by atoms with Crippen LogP contribution in [0.3, 0.4) is 0 Å². The number of carbonyl (C=O) groups is 3. The van der Waals surface area contributed by atoms with Gasteiger partial charge >= 0.3 is 6.09 Å². The predicted molar refractivity (Wildman–Crippen MR) is 163 cm³/mol.